The lowest BCUT2D eigenvalue weighted by Gasteiger charge is -2.26. The molecule has 1 aliphatic heterocycles. The SMILES string of the molecule is O=C(NCCCN1CCOCC1)c1csc(Nc2cccc3ccccc23)n1. The van der Waals surface area contributed by atoms with Crippen LogP contribution in [0.5, 0.6) is 0 Å². The molecule has 146 valence electrons. The third-order valence-electron chi connectivity index (χ3n) is 4.81. The normalized spacial score (nSPS) is 14.9. The molecule has 3 aromatic rings. The minimum atomic E-state index is -0.121. The fourth-order valence-electron chi connectivity index (χ4n) is 3.30. The van der Waals surface area contributed by atoms with Crippen LogP contribution in [0.15, 0.2) is 47.8 Å². The fourth-order valence-corrected chi connectivity index (χ4v) is 4.01. The number of carbonyl (C=O) groups is 1. The Labute approximate surface area is 168 Å². The summed E-state index contributed by atoms with van der Waals surface area (Å²) in [6, 6.07) is 14.3. The number of nitrogens with one attached hydrogen (secondary N) is 2. The summed E-state index contributed by atoms with van der Waals surface area (Å²) in [6.45, 7) is 5.19. The van der Waals surface area contributed by atoms with Crippen molar-refractivity contribution in [1.82, 2.24) is 15.2 Å². The van der Waals surface area contributed by atoms with Gasteiger partial charge in [-0.3, -0.25) is 9.69 Å². The molecule has 1 aliphatic rings. The highest BCUT2D eigenvalue weighted by Gasteiger charge is 2.12. The molecule has 1 amide bonds. The number of hydrogen-bond acceptors (Lipinski definition) is 6. The van der Waals surface area contributed by atoms with Crippen molar-refractivity contribution in [1.29, 1.82) is 0 Å². The van der Waals surface area contributed by atoms with Gasteiger partial charge in [0.25, 0.3) is 5.91 Å². The van der Waals surface area contributed by atoms with E-state index in [1.54, 1.807) is 5.38 Å². The van der Waals surface area contributed by atoms with E-state index in [1.807, 2.05) is 24.3 Å². The maximum atomic E-state index is 12.3. The Morgan fingerprint density at radius 3 is 2.86 bits per heavy atom. The standard InChI is InChI=1S/C21H24N4O2S/c26-20(22-9-4-10-25-11-13-27-14-12-25)19-15-28-21(24-19)23-18-8-3-6-16-5-1-2-7-17(16)18/h1-3,5-8,15H,4,9-14H2,(H,22,26)(H,23,24). The van der Waals surface area contributed by atoms with E-state index in [1.165, 1.54) is 16.7 Å². The molecule has 0 unspecified atom stereocenters. The number of amides is 1. The van der Waals surface area contributed by atoms with Crippen LogP contribution >= 0.6 is 11.3 Å². The average molecular weight is 397 g/mol. The van der Waals surface area contributed by atoms with Crippen molar-refractivity contribution in [2.24, 2.45) is 0 Å². The number of morpholine rings is 1. The van der Waals surface area contributed by atoms with E-state index in [4.69, 9.17) is 4.74 Å². The van der Waals surface area contributed by atoms with E-state index in [-0.39, 0.29) is 5.91 Å². The first-order chi connectivity index (χ1) is 13.8. The maximum absolute atomic E-state index is 12.3. The monoisotopic (exact) mass is 396 g/mol. The third kappa shape index (κ3) is 4.67. The molecule has 2 N–H and O–H groups in total. The van der Waals surface area contributed by atoms with Crippen molar-refractivity contribution in [3.8, 4) is 0 Å². The minimum absolute atomic E-state index is 0.121. The highest BCUT2D eigenvalue weighted by Crippen LogP contribution is 2.27. The van der Waals surface area contributed by atoms with Crippen LogP contribution < -0.4 is 10.6 Å². The van der Waals surface area contributed by atoms with Crippen molar-refractivity contribution >= 4 is 38.8 Å². The Bertz CT molecular complexity index is 932. The van der Waals surface area contributed by atoms with Gasteiger partial charge in [-0.15, -0.1) is 11.3 Å². The number of thiazole rings is 1. The Hall–Kier alpha value is -2.48. The van der Waals surface area contributed by atoms with Crippen LogP contribution in [-0.2, 0) is 4.74 Å². The Morgan fingerprint density at radius 1 is 1.14 bits per heavy atom. The van der Waals surface area contributed by atoms with E-state index >= 15 is 0 Å². The number of aromatic nitrogens is 1. The topological polar surface area (TPSA) is 66.5 Å². The highest BCUT2D eigenvalue weighted by atomic mass is 32.1. The van der Waals surface area contributed by atoms with Crippen molar-refractivity contribution in [2.75, 3.05) is 44.7 Å². The molecule has 0 atom stereocenters. The predicted octanol–water partition coefficient (Wildman–Crippen LogP) is 3.49. The summed E-state index contributed by atoms with van der Waals surface area (Å²) in [7, 11) is 0. The molecular weight excluding hydrogens is 372 g/mol. The average Bonchev–Trinajstić information content (AvgIpc) is 3.21. The van der Waals surface area contributed by atoms with Crippen LogP contribution in [0.3, 0.4) is 0 Å². The number of rotatable bonds is 7. The molecule has 0 bridgehead atoms. The van der Waals surface area contributed by atoms with Gasteiger partial charge in [0.2, 0.25) is 0 Å². The van der Waals surface area contributed by atoms with E-state index in [9.17, 15) is 4.79 Å². The zero-order valence-electron chi connectivity index (χ0n) is 15.7. The second-order valence-electron chi connectivity index (χ2n) is 6.75. The van der Waals surface area contributed by atoms with Crippen LogP contribution in [0.4, 0.5) is 10.8 Å². The molecular formula is C21H24N4O2S. The molecule has 0 spiro atoms. The molecule has 4 rings (SSSR count). The lowest BCUT2D eigenvalue weighted by Crippen LogP contribution is -2.38. The summed E-state index contributed by atoms with van der Waals surface area (Å²) < 4.78 is 5.35. The van der Waals surface area contributed by atoms with Crippen LogP contribution in [0.2, 0.25) is 0 Å². The molecule has 28 heavy (non-hydrogen) atoms. The van der Waals surface area contributed by atoms with Crippen LogP contribution in [-0.4, -0.2) is 55.2 Å². The summed E-state index contributed by atoms with van der Waals surface area (Å²) in [6.07, 6.45) is 0.928. The van der Waals surface area contributed by atoms with Gasteiger partial charge in [-0.2, -0.15) is 0 Å². The molecule has 2 heterocycles. The number of fused-ring (bicyclic) bond motifs is 1. The summed E-state index contributed by atoms with van der Waals surface area (Å²) >= 11 is 1.44. The summed E-state index contributed by atoms with van der Waals surface area (Å²) in [5.74, 6) is -0.121. The molecule has 0 saturated carbocycles. The lowest BCUT2D eigenvalue weighted by molar-refractivity contribution is 0.0374. The zero-order chi connectivity index (χ0) is 19.2. The molecule has 0 aliphatic carbocycles. The fraction of sp³-hybridized carbons (Fsp3) is 0.333. The van der Waals surface area contributed by atoms with Gasteiger partial charge >= 0.3 is 0 Å². The van der Waals surface area contributed by atoms with Crippen molar-refractivity contribution in [3.63, 3.8) is 0 Å². The van der Waals surface area contributed by atoms with Gasteiger partial charge in [0, 0.05) is 36.1 Å². The Morgan fingerprint density at radius 2 is 1.96 bits per heavy atom. The molecule has 2 aromatic carbocycles. The first-order valence-corrected chi connectivity index (χ1v) is 10.5. The van der Waals surface area contributed by atoms with Gasteiger partial charge in [0.05, 0.1) is 13.2 Å². The van der Waals surface area contributed by atoms with Crippen LogP contribution in [0, 0.1) is 0 Å². The smallest absolute Gasteiger partial charge is 0.270 e. The second-order valence-corrected chi connectivity index (χ2v) is 7.61. The largest absolute Gasteiger partial charge is 0.379 e. The van der Waals surface area contributed by atoms with Crippen molar-refractivity contribution < 1.29 is 9.53 Å². The van der Waals surface area contributed by atoms with E-state index in [0.29, 0.717) is 12.2 Å². The zero-order valence-corrected chi connectivity index (χ0v) is 16.5. The quantitative estimate of drug-likeness (QED) is 0.599. The lowest BCUT2D eigenvalue weighted by atomic mass is 10.1. The summed E-state index contributed by atoms with van der Waals surface area (Å²) in [5, 5.41) is 11.1. The van der Waals surface area contributed by atoms with Crippen molar-refractivity contribution in [2.45, 2.75) is 6.42 Å². The van der Waals surface area contributed by atoms with Crippen LogP contribution in [0.25, 0.3) is 10.8 Å². The number of benzene rings is 2. The second kappa shape index (κ2) is 9.14. The third-order valence-corrected chi connectivity index (χ3v) is 5.57. The van der Waals surface area contributed by atoms with Crippen LogP contribution in [0.1, 0.15) is 16.9 Å². The molecule has 6 nitrogen and oxygen atoms in total. The van der Waals surface area contributed by atoms with Gasteiger partial charge in [-0.25, -0.2) is 4.98 Å². The van der Waals surface area contributed by atoms with Gasteiger partial charge in [-0.1, -0.05) is 36.4 Å². The molecule has 1 fully saturated rings. The molecule has 0 radical (unpaired) electrons. The Balaban J connectivity index is 1.30. The summed E-state index contributed by atoms with van der Waals surface area (Å²) in [4.78, 5) is 19.2. The maximum Gasteiger partial charge on any atom is 0.270 e. The van der Waals surface area contributed by atoms with Gasteiger partial charge in [-0.05, 0) is 24.4 Å². The number of hydrogen-bond donors (Lipinski definition) is 2. The van der Waals surface area contributed by atoms with Gasteiger partial charge < -0.3 is 15.4 Å². The van der Waals surface area contributed by atoms with E-state index in [0.717, 1.165) is 55.5 Å². The molecule has 7 heteroatoms. The van der Waals surface area contributed by atoms with E-state index in [2.05, 4.69) is 38.7 Å². The Kier molecular flexibility index (Phi) is 6.16. The van der Waals surface area contributed by atoms with Gasteiger partial charge in [0.15, 0.2) is 5.13 Å². The number of ether oxygens (including phenoxy) is 1. The minimum Gasteiger partial charge on any atom is -0.379 e. The highest BCUT2D eigenvalue weighted by molar-refractivity contribution is 7.14. The molecule has 1 aromatic heterocycles. The summed E-state index contributed by atoms with van der Waals surface area (Å²) in [5.41, 5.74) is 1.45. The number of nitrogens with zero attached hydrogens (tertiary/aromatic N) is 2. The number of carbonyl (C=O) groups excluding carboxylic acids is 1. The van der Waals surface area contributed by atoms with Crippen molar-refractivity contribution in [3.05, 3.63) is 53.5 Å². The predicted molar refractivity (Wildman–Crippen MR) is 114 cm³/mol. The van der Waals surface area contributed by atoms with Gasteiger partial charge in [0.1, 0.15) is 5.69 Å². The number of anilines is 2. The first-order valence-electron chi connectivity index (χ1n) is 9.58. The molecule has 1 saturated heterocycles. The van der Waals surface area contributed by atoms with E-state index < -0.39 is 0 Å². The first kappa shape index (κ1) is 18.9.